The standard InChI is InChI=1S/C18H19Cl2NO4/c1-9-14(11(3)22)15(12-7-6-8-13(19)16(12)20)17(10(2)21(9)4)25-18(23)24-5/h6-8,15H,1-5H3. The highest BCUT2D eigenvalue weighted by atomic mass is 35.5. The molecule has 0 bridgehead atoms. The number of rotatable bonds is 3. The summed E-state index contributed by atoms with van der Waals surface area (Å²) in [7, 11) is 3.02. The van der Waals surface area contributed by atoms with Crippen molar-refractivity contribution in [1.82, 2.24) is 4.90 Å². The van der Waals surface area contributed by atoms with Crippen molar-refractivity contribution >= 4 is 35.1 Å². The lowest BCUT2D eigenvalue weighted by atomic mass is 9.82. The van der Waals surface area contributed by atoms with Crippen molar-refractivity contribution < 1.29 is 19.1 Å². The predicted molar refractivity (Wildman–Crippen MR) is 96.5 cm³/mol. The number of Topliss-reactive ketones (excluding diaryl/α,β-unsaturated/α-hetero) is 1. The van der Waals surface area contributed by atoms with E-state index in [1.807, 2.05) is 6.92 Å². The molecule has 0 saturated carbocycles. The van der Waals surface area contributed by atoms with E-state index < -0.39 is 12.1 Å². The van der Waals surface area contributed by atoms with Crippen LogP contribution in [0.4, 0.5) is 4.79 Å². The third-order valence-electron chi connectivity index (χ3n) is 4.34. The number of benzene rings is 1. The zero-order chi connectivity index (χ0) is 18.9. The average Bonchev–Trinajstić information content (AvgIpc) is 2.57. The van der Waals surface area contributed by atoms with Gasteiger partial charge in [0.15, 0.2) is 5.78 Å². The van der Waals surface area contributed by atoms with Gasteiger partial charge in [-0.05, 0) is 32.4 Å². The molecule has 0 amide bonds. The molecular formula is C18H19Cl2NO4. The lowest BCUT2D eigenvalue weighted by Crippen LogP contribution is -2.31. The van der Waals surface area contributed by atoms with Crippen molar-refractivity contribution in [2.24, 2.45) is 0 Å². The van der Waals surface area contributed by atoms with Crippen LogP contribution in [0.2, 0.25) is 10.0 Å². The second-order valence-electron chi connectivity index (χ2n) is 5.70. The second kappa shape index (κ2) is 7.50. The van der Waals surface area contributed by atoms with Gasteiger partial charge in [-0.3, -0.25) is 4.79 Å². The zero-order valence-electron chi connectivity index (χ0n) is 14.6. The fourth-order valence-corrected chi connectivity index (χ4v) is 3.33. The maximum Gasteiger partial charge on any atom is 0.513 e. The number of hydrogen-bond donors (Lipinski definition) is 0. The average molecular weight is 384 g/mol. The Kier molecular flexibility index (Phi) is 5.80. The molecule has 1 heterocycles. The van der Waals surface area contributed by atoms with Crippen LogP contribution in [0.15, 0.2) is 40.9 Å². The molecule has 1 atom stereocenters. The molecule has 1 aromatic rings. The maximum absolute atomic E-state index is 12.4. The number of halogens is 2. The minimum Gasteiger partial charge on any atom is -0.437 e. The summed E-state index contributed by atoms with van der Waals surface area (Å²) in [5.41, 5.74) is 2.50. The molecule has 0 aromatic heterocycles. The molecule has 134 valence electrons. The van der Waals surface area contributed by atoms with Gasteiger partial charge in [0.25, 0.3) is 0 Å². The van der Waals surface area contributed by atoms with E-state index >= 15 is 0 Å². The van der Waals surface area contributed by atoms with E-state index in [9.17, 15) is 9.59 Å². The number of hydrogen-bond acceptors (Lipinski definition) is 5. The SMILES string of the molecule is COC(=O)OC1=C(C)N(C)C(C)=C(C(C)=O)C1c1cccc(Cl)c1Cl. The lowest BCUT2D eigenvalue weighted by Gasteiger charge is -2.35. The maximum atomic E-state index is 12.4. The highest BCUT2D eigenvalue weighted by Gasteiger charge is 2.37. The summed E-state index contributed by atoms with van der Waals surface area (Å²) in [6.07, 6.45) is -0.867. The second-order valence-corrected chi connectivity index (χ2v) is 6.48. The van der Waals surface area contributed by atoms with Crippen LogP contribution < -0.4 is 0 Å². The van der Waals surface area contributed by atoms with Gasteiger partial charge in [0.2, 0.25) is 0 Å². The van der Waals surface area contributed by atoms with Crippen LogP contribution in [0.1, 0.15) is 32.3 Å². The van der Waals surface area contributed by atoms with Crippen molar-refractivity contribution in [3.05, 3.63) is 56.5 Å². The molecule has 0 aliphatic carbocycles. The smallest absolute Gasteiger partial charge is 0.437 e. The van der Waals surface area contributed by atoms with E-state index in [0.717, 1.165) is 5.70 Å². The van der Waals surface area contributed by atoms with Crippen LogP contribution in [0, 0.1) is 0 Å². The Morgan fingerprint density at radius 2 is 1.80 bits per heavy atom. The molecule has 0 spiro atoms. The number of carbonyl (C=O) groups excluding carboxylic acids is 2. The van der Waals surface area contributed by atoms with Crippen molar-refractivity contribution in [3.63, 3.8) is 0 Å². The van der Waals surface area contributed by atoms with Gasteiger partial charge < -0.3 is 14.4 Å². The summed E-state index contributed by atoms with van der Waals surface area (Å²) < 4.78 is 10.0. The van der Waals surface area contributed by atoms with Crippen LogP contribution in [0.5, 0.6) is 0 Å². The van der Waals surface area contributed by atoms with Crippen LogP contribution in [0.3, 0.4) is 0 Å². The summed E-state index contributed by atoms with van der Waals surface area (Å²) in [5, 5.41) is 0.665. The molecule has 0 N–H and O–H groups in total. The largest absolute Gasteiger partial charge is 0.513 e. The summed E-state index contributed by atoms with van der Waals surface area (Å²) >= 11 is 12.5. The molecule has 0 fully saturated rings. The lowest BCUT2D eigenvalue weighted by molar-refractivity contribution is -0.114. The highest BCUT2D eigenvalue weighted by molar-refractivity contribution is 6.42. The molecule has 1 aliphatic rings. The molecule has 1 unspecified atom stereocenters. The molecule has 25 heavy (non-hydrogen) atoms. The Hall–Kier alpha value is -1.98. The first kappa shape index (κ1) is 19.3. The van der Waals surface area contributed by atoms with Gasteiger partial charge in [-0.2, -0.15) is 0 Å². The van der Waals surface area contributed by atoms with Crippen molar-refractivity contribution in [3.8, 4) is 0 Å². The zero-order valence-corrected chi connectivity index (χ0v) is 16.2. The third-order valence-corrected chi connectivity index (χ3v) is 5.17. The summed E-state index contributed by atoms with van der Waals surface area (Å²) in [6.45, 7) is 5.10. The van der Waals surface area contributed by atoms with Gasteiger partial charge in [-0.15, -0.1) is 0 Å². The summed E-state index contributed by atoms with van der Waals surface area (Å²) in [4.78, 5) is 25.9. The van der Waals surface area contributed by atoms with Gasteiger partial charge in [0, 0.05) is 18.3 Å². The van der Waals surface area contributed by atoms with E-state index in [1.165, 1.54) is 14.0 Å². The monoisotopic (exact) mass is 383 g/mol. The van der Waals surface area contributed by atoms with Crippen LogP contribution in [0.25, 0.3) is 0 Å². The molecule has 5 nitrogen and oxygen atoms in total. The first-order valence-electron chi connectivity index (χ1n) is 7.56. The van der Waals surface area contributed by atoms with Crippen molar-refractivity contribution in [1.29, 1.82) is 0 Å². The third kappa shape index (κ3) is 3.53. The van der Waals surface area contributed by atoms with Gasteiger partial charge in [0.05, 0.1) is 28.8 Å². The van der Waals surface area contributed by atoms with Gasteiger partial charge in [-0.1, -0.05) is 35.3 Å². The fraction of sp³-hybridized carbons (Fsp3) is 0.333. The fourth-order valence-electron chi connectivity index (χ4n) is 2.91. The van der Waals surface area contributed by atoms with Crippen LogP contribution in [-0.2, 0) is 14.3 Å². The summed E-state index contributed by atoms with van der Waals surface area (Å²) in [5.74, 6) is -0.517. The minimum atomic E-state index is -0.867. The quantitative estimate of drug-likeness (QED) is 0.694. The molecule has 0 saturated heterocycles. The molecule has 1 aromatic carbocycles. The predicted octanol–water partition coefficient (Wildman–Crippen LogP) is 4.90. The Bertz CT molecular complexity index is 798. The van der Waals surface area contributed by atoms with E-state index in [1.54, 1.807) is 37.1 Å². The van der Waals surface area contributed by atoms with Gasteiger partial charge in [-0.25, -0.2) is 4.79 Å². The van der Waals surface area contributed by atoms with Crippen molar-refractivity contribution in [2.45, 2.75) is 26.7 Å². The number of nitrogens with zero attached hydrogens (tertiary/aromatic N) is 1. The number of ether oxygens (including phenoxy) is 2. The number of ketones is 1. The molecule has 1 aliphatic heterocycles. The molecule has 7 heteroatoms. The highest BCUT2D eigenvalue weighted by Crippen LogP contribution is 2.45. The molecular weight excluding hydrogens is 365 g/mol. The Morgan fingerprint density at radius 3 is 2.36 bits per heavy atom. The Balaban J connectivity index is 2.75. The molecule has 2 rings (SSSR count). The normalized spacial score (nSPS) is 17.7. The number of carbonyl (C=O) groups is 2. The Morgan fingerprint density at radius 1 is 1.16 bits per heavy atom. The first-order chi connectivity index (χ1) is 11.7. The summed E-state index contributed by atoms with van der Waals surface area (Å²) in [6, 6.07) is 5.15. The van der Waals surface area contributed by atoms with Crippen molar-refractivity contribution in [2.75, 3.05) is 14.2 Å². The Labute approximate surface area is 156 Å². The van der Waals surface area contributed by atoms with Crippen LogP contribution in [-0.4, -0.2) is 31.0 Å². The first-order valence-corrected chi connectivity index (χ1v) is 8.32. The number of methoxy groups -OCH3 is 1. The van der Waals surface area contributed by atoms with E-state index in [0.29, 0.717) is 26.9 Å². The van der Waals surface area contributed by atoms with E-state index in [-0.39, 0.29) is 11.5 Å². The van der Waals surface area contributed by atoms with Gasteiger partial charge in [0.1, 0.15) is 5.76 Å². The van der Waals surface area contributed by atoms with Gasteiger partial charge >= 0.3 is 6.16 Å². The molecule has 0 radical (unpaired) electrons. The van der Waals surface area contributed by atoms with E-state index in [4.69, 9.17) is 27.9 Å². The van der Waals surface area contributed by atoms with E-state index in [2.05, 4.69) is 4.74 Å². The number of allylic oxidation sites excluding steroid dienone is 3. The van der Waals surface area contributed by atoms with Crippen LogP contribution >= 0.6 is 23.2 Å². The topological polar surface area (TPSA) is 55.8 Å². The minimum absolute atomic E-state index is 0.149.